The molecule has 30 heavy (non-hydrogen) atoms. The zero-order chi connectivity index (χ0) is 21.9. The van der Waals surface area contributed by atoms with Crippen LogP contribution >= 0.6 is 0 Å². The summed E-state index contributed by atoms with van der Waals surface area (Å²) < 4.78 is 16.3. The minimum atomic E-state index is -0.633. The van der Waals surface area contributed by atoms with Gasteiger partial charge in [-0.15, -0.1) is 0 Å². The first-order valence-electron chi connectivity index (χ1n) is 9.72. The molecule has 1 saturated heterocycles. The number of Topliss-reactive ketones (excluding diaryl/α,β-unsaturated/α-hetero) is 1. The van der Waals surface area contributed by atoms with Crippen LogP contribution in [-0.2, 0) is 4.79 Å². The largest absolute Gasteiger partial charge is 0.493 e. The molecule has 3 rings (SSSR count). The van der Waals surface area contributed by atoms with Gasteiger partial charge in [0.05, 0.1) is 38.8 Å². The monoisotopic (exact) mass is 412 g/mol. The van der Waals surface area contributed by atoms with Gasteiger partial charge in [-0.05, 0) is 38.4 Å². The first-order valence-corrected chi connectivity index (χ1v) is 9.72. The highest BCUT2D eigenvalue weighted by molar-refractivity contribution is 6.24. The van der Waals surface area contributed by atoms with Crippen molar-refractivity contribution in [2.24, 2.45) is 0 Å². The fourth-order valence-electron chi connectivity index (χ4n) is 3.68. The summed E-state index contributed by atoms with van der Waals surface area (Å²) >= 11 is 0. The zero-order valence-electron chi connectivity index (χ0n) is 18.1. The lowest BCUT2D eigenvalue weighted by atomic mass is 9.89. The second-order valence-electron chi connectivity index (χ2n) is 7.29. The number of anilines is 1. The fourth-order valence-corrected chi connectivity index (χ4v) is 3.68. The van der Waals surface area contributed by atoms with Crippen LogP contribution in [0.3, 0.4) is 0 Å². The standard InChI is InChI=1S/C22H28N4O4/c1-13(20(27)22(2)8-7-9-25-22)18-21(23-3)24-12-15(26-18)14-10-16(28-4)19(30-6)17(11-14)29-5/h10-12,25H,1,7-9H2,2-6H3,(H,23,24). The van der Waals surface area contributed by atoms with Crippen molar-refractivity contribution in [3.8, 4) is 28.5 Å². The van der Waals surface area contributed by atoms with Gasteiger partial charge in [-0.3, -0.25) is 4.79 Å². The lowest BCUT2D eigenvalue weighted by Gasteiger charge is -2.24. The Morgan fingerprint density at radius 3 is 2.37 bits per heavy atom. The maximum absolute atomic E-state index is 13.2. The van der Waals surface area contributed by atoms with E-state index in [0.29, 0.717) is 45.6 Å². The average Bonchev–Trinajstić information content (AvgIpc) is 3.24. The third kappa shape index (κ3) is 3.82. The molecule has 2 heterocycles. The van der Waals surface area contributed by atoms with E-state index in [9.17, 15) is 4.79 Å². The highest BCUT2D eigenvalue weighted by Crippen LogP contribution is 2.41. The predicted octanol–water partition coefficient (Wildman–Crippen LogP) is 2.94. The molecule has 0 radical (unpaired) electrons. The quantitative estimate of drug-likeness (QED) is 0.639. The topological polar surface area (TPSA) is 94.6 Å². The van der Waals surface area contributed by atoms with E-state index in [1.54, 1.807) is 46.7 Å². The van der Waals surface area contributed by atoms with Crippen molar-refractivity contribution >= 4 is 17.2 Å². The van der Waals surface area contributed by atoms with Crippen molar-refractivity contribution in [2.75, 3.05) is 40.2 Å². The SMILES string of the molecule is C=C(C(=O)C1(C)CCCN1)c1nc(-c2cc(OC)c(OC)c(OC)c2)cnc1NC. The Balaban J connectivity index is 2.07. The molecule has 1 fully saturated rings. The molecule has 0 bridgehead atoms. The minimum absolute atomic E-state index is 0.0761. The van der Waals surface area contributed by atoms with Gasteiger partial charge in [-0.2, -0.15) is 0 Å². The first-order chi connectivity index (χ1) is 14.4. The van der Waals surface area contributed by atoms with E-state index >= 15 is 0 Å². The van der Waals surface area contributed by atoms with E-state index in [1.807, 2.05) is 6.92 Å². The molecule has 0 spiro atoms. The molecule has 8 heteroatoms. The summed E-state index contributed by atoms with van der Waals surface area (Å²) in [6.45, 7) is 6.77. The van der Waals surface area contributed by atoms with Crippen LogP contribution < -0.4 is 24.8 Å². The summed E-state index contributed by atoms with van der Waals surface area (Å²) in [5.41, 5.74) is 1.38. The van der Waals surface area contributed by atoms with Gasteiger partial charge in [0.1, 0.15) is 5.69 Å². The molecular weight excluding hydrogens is 384 g/mol. The van der Waals surface area contributed by atoms with Gasteiger partial charge in [-0.1, -0.05) is 6.58 Å². The van der Waals surface area contributed by atoms with Crippen LogP contribution in [0.25, 0.3) is 16.8 Å². The molecule has 1 aromatic heterocycles. The summed E-state index contributed by atoms with van der Waals surface area (Å²) in [7, 11) is 6.39. The van der Waals surface area contributed by atoms with Crippen molar-refractivity contribution < 1.29 is 19.0 Å². The number of rotatable bonds is 8. The normalized spacial score (nSPS) is 18.0. The van der Waals surface area contributed by atoms with Crippen LogP contribution in [-0.4, -0.2) is 56.2 Å². The molecular formula is C22H28N4O4. The number of methoxy groups -OCH3 is 3. The van der Waals surface area contributed by atoms with Gasteiger partial charge >= 0.3 is 0 Å². The molecule has 0 aliphatic carbocycles. The van der Waals surface area contributed by atoms with E-state index in [0.717, 1.165) is 19.4 Å². The lowest BCUT2D eigenvalue weighted by molar-refractivity contribution is -0.118. The van der Waals surface area contributed by atoms with Crippen LogP contribution in [0.4, 0.5) is 5.82 Å². The Morgan fingerprint density at radius 2 is 1.87 bits per heavy atom. The van der Waals surface area contributed by atoms with E-state index < -0.39 is 5.54 Å². The van der Waals surface area contributed by atoms with Gasteiger partial charge in [0, 0.05) is 18.2 Å². The molecule has 0 amide bonds. The number of ketones is 1. The molecule has 0 saturated carbocycles. The smallest absolute Gasteiger partial charge is 0.203 e. The predicted molar refractivity (Wildman–Crippen MR) is 116 cm³/mol. The van der Waals surface area contributed by atoms with Crippen LogP contribution in [0.15, 0.2) is 24.9 Å². The van der Waals surface area contributed by atoms with Gasteiger partial charge in [0.2, 0.25) is 5.75 Å². The third-order valence-electron chi connectivity index (χ3n) is 5.40. The summed E-state index contributed by atoms with van der Waals surface area (Å²) in [5.74, 6) is 1.92. The highest BCUT2D eigenvalue weighted by atomic mass is 16.5. The lowest BCUT2D eigenvalue weighted by Crippen LogP contribution is -2.44. The van der Waals surface area contributed by atoms with Crippen LogP contribution in [0, 0.1) is 0 Å². The number of carbonyl (C=O) groups is 1. The Morgan fingerprint density at radius 1 is 1.20 bits per heavy atom. The number of benzene rings is 1. The number of carbonyl (C=O) groups excluding carboxylic acids is 1. The molecule has 1 aliphatic rings. The highest BCUT2D eigenvalue weighted by Gasteiger charge is 2.38. The summed E-state index contributed by atoms with van der Waals surface area (Å²) in [6.07, 6.45) is 3.34. The molecule has 1 unspecified atom stereocenters. The number of hydrogen-bond acceptors (Lipinski definition) is 8. The van der Waals surface area contributed by atoms with Crippen molar-refractivity contribution in [2.45, 2.75) is 25.3 Å². The van der Waals surface area contributed by atoms with Crippen molar-refractivity contribution in [1.29, 1.82) is 0 Å². The van der Waals surface area contributed by atoms with E-state index in [4.69, 9.17) is 19.2 Å². The van der Waals surface area contributed by atoms with Crippen molar-refractivity contribution in [3.05, 3.63) is 30.6 Å². The molecule has 1 atom stereocenters. The third-order valence-corrected chi connectivity index (χ3v) is 5.40. The van der Waals surface area contributed by atoms with E-state index in [-0.39, 0.29) is 5.78 Å². The van der Waals surface area contributed by atoms with Crippen LogP contribution in [0.2, 0.25) is 0 Å². The molecule has 2 N–H and O–H groups in total. The Hall–Kier alpha value is -3.13. The van der Waals surface area contributed by atoms with Gasteiger partial charge in [-0.25, -0.2) is 9.97 Å². The Bertz CT molecular complexity index is 943. The summed E-state index contributed by atoms with van der Waals surface area (Å²) in [4.78, 5) is 22.3. The number of ether oxygens (including phenoxy) is 3. The number of nitrogens with one attached hydrogen (secondary N) is 2. The molecule has 2 aromatic rings. The minimum Gasteiger partial charge on any atom is -0.493 e. The molecule has 160 valence electrons. The van der Waals surface area contributed by atoms with E-state index in [1.165, 1.54) is 0 Å². The zero-order valence-corrected chi connectivity index (χ0v) is 18.1. The Kier molecular flexibility index (Phi) is 6.26. The maximum Gasteiger partial charge on any atom is 0.203 e. The van der Waals surface area contributed by atoms with Gasteiger partial charge in [0.25, 0.3) is 0 Å². The van der Waals surface area contributed by atoms with Crippen LogP contribution in [0.5, 0.6) is 17.2 Å². The number of nitrogens with zero attached hydrogens (tertiary/aromatic N) is 2. The average molecular weight is 412 g/mol. The second-order valence-corrected chi connectivity index (χ2v) is 7.29. The molecule has 1 aromatic carbocycles. The van der Waals surface area contributed by atoms with Crippen molar-refractivity contribution in [1.82, 2.24) is 15.3 Å². The summed E-state index contributed by atoms with van der Waals surface area (Å²) in [5, 5.41) is 6.28. The van der Waals surface area contributed by atoms with Gasteiger partial charge < -0.3 is 24.8 Å². The second kappa shape index (κ2) is 8.71. The number of hydrogen-bond donors (Lipinski definition) is 2. The van der Waals surface area contributed by atoms with Gasteiger partial charge in [0.15, 0.2) is 23.1 Å². The maximum atomic E-state index is 13.2. The number of aromatic nitrogens is 2. The molecule has 1 aliphatic heterocycles. The van der Waals surface area contributed by atoms with Crippen molar-refractivity contribution in [3.63, 3.8) is 0 Å². The van der Waals surface area contributed by atoms with E-state index in [2.05, 4.69) is 22.2 Å². The molecule has 8 nitrogen and oxygen atoms in total. The first kappa shape index (κ1) is 21.6. The fraction of sp³-hybridized carbons (Fsp3) is 0.409. The Labute approximate surface area is 176 Å². The van der Waals surface area contributed by atoms with Crippen LogP contribution in [0.1, 0.15) is 25.5 Å². The summed E-state index contributed by atoms with van der Waals surface area (Å²) in [6, 6.07) is 3.58.